The number of amides is 2. The van der Waals surface area contributed by atoms with E-state index in [0.717, 1.165) is 11.0 Å². The number of carbonyl (C=O) groups excluding carboxylic acids is 2. The number of halogens is 4. The van der Waals surface area contributed by atoms with Crippen molar-refractivity contribution in [1.29, 1.82) is 0 Å². The topological polar surface area (TPSA) is 66.8 Å². The highest BCUT2D eigenvalue weighted by Crippen LogP contribution is 2.61. The summed E-state index contributed by atoms with van der Waals surface area (Å²) in [6.07, 6.45) is -5.47. The maximum absolute atomic E-state index is 13.4. The predicted molar refractivity (Wildman–Crippen MR) is 89.2 cm³/mol. The van der Waals surface area contributed by atoms with Crippen LogP contribution in [0.15, 0.2) is 12.1 Å². The summed E-state index contributed by atoms with van der Waals surface area (Å²) in [7, 11) is 0. The Labute approximate surface area is 158 Å². The van der Waals surface area contributed by atoms with E-state index in [9.17, 15) is 27.9 Å². The molecule has 5 atom stereocenters. The minimum atomic E-state index is -4.73. The first kappa shape index (κ1) is 18.7. The second kappa shape index (κ2) is 5.24. The van der Waals surface area contributed by atoms with Crippen LogP contribution in [0.2, 0.25) is 5.02 Å². The van der Waals surface area contributed by atoms with Gasteiger partial charge in [-0.2, -0.15) is 13.2 Å². The molecule has 0 aliphatic carbocycles. The van der Waals surface area contributed by atoms with Gasteiger partial charge in [0, 0.05) is 6.42 Å². The average molecular weight is 404 g/mol. The molecule has 3 aliphatic heterocycles. The maximum atomic E-state index is 13.4. The van der Waals surface area contributed by atoms with Gasteiger partial charge in [-0.3, -0.25) is 9.59 Å². The quantitative estimate of drug-likeness (QED) is 0.732. The molecule has 4 rings (SSSR count). The van der Waals surface area contributed by atoms with Crippen molar-refractivity contribution in [3.8, 4) is 0 Å². The smallest absolute Gasteiger partial charge is 0.390 e. The SMILES string of the molecule is Cc1c(N2C(=O)[C@@H]3[C@H](C2=O)[C@]2(C)OC3(C)CC2O)ccc(Cl)c1C(F)(F)F. The van der Waals surface area contributed by atoms with Gasteiger partial charge in [0.2, 0.25) is 11.8 Å². The molecule has 0 radical (unpaired) electrons. The molecule has 3 aliphatic rings. The zero-order valence-electron chi connectivity index (χ0n) is 14.7. The summed E-state index contributed by atoms with van der Waals surface area (Å²) in [6.45, 7) is 4.40. The van der Waals surface area contributed by atoms with E-state index in [1.807, 2.05) is 0 Å². The number of nitrogens with zero attached hydrogens (tertiary/aromatic N) is 1. The fraction of sp³-hybridized carbons (Fsp3) is 0.556. The lowest BCUT2D eigenvalue weighted by atomic mass is 9.67. The third-order valence-electron chi connectivity index (χ3n) is 6.20. The summed E-state index contributed by atoms with van der Waals surface area (Å²) in [5.74, 6) is -3.05. The van der Waals surface area contributed by atoms with Gasteiger partial charge in [-0.25, -0.2) is 4.90 Å². The first-order valence-corrected chi connectivity index (χ1v) is 8.83. The molecule has 0 saturated carbocycles. The molecule has 5 nitrogen and oxygen atoms in total. The Hall–Kier alpha value is -1.64. The van der Waals surface area contributed by atoms with Crippen LogP contribution in [0.3, 0.4) is 0 Å². The van der Waals surface area contributed by atoms with Crippen LogP contribution in [-0.2, 0) is 20.5 Å². The molecule has 0 spiro atoms. The molecular formula is C18H17ClF3NO4. The number of alkyl halides is 3. The summed E-state index contributed by atoms with van der Waals surface area (Å²) in [5, 5.41) is 9.82. The number of hydrogen-bond donors (Lipinski definition) is 1. The number of aliphatic hydroxyl groups excluding tert-OH is 1. The Bertz CT molecular complexity index is 888. The van der Waals surface area contributed by atoms with Gasteiger partial charge in [0.1, 0.15) is 5.60 Å². The predicted octanol–water partition coefficient (Wildman–Crippen LogP) is 3.09. The zero-order valence-corrected chi connectivity index (χ0v) is 15.5. The molecule has 1 aromatic carbocycles. The van der Waals surface area contributed by atoms with Crippen LogP contribution in [0.4, 0.5) is 18.9 Å². The molecule has 1 N–H and O–H groups in total. The summed E-state index contributed by atoms with van der Waals surface area (Å²) in [6, 6.07) is 2.28. The minimum absolute atomic E-state index is 0.141. The number of ether oxygens (including phenoxy) is 1. The monoisotopic (exact) mass is 403 g/mol. The number of hydrogen-bond acceptors (Lipinski definition) is 4. The van der Waals surface area contributed by atoms with Gasteiger partial charge >= 0.3 is 6.18 Å². The van der Waals surface area contributed by atoms with Gasteiger partial charge < -0.3 is 9.84 Å². The van der Waals surface area contributed by atoms with Gasteiger partial charge in [0.15, 0.2) is 0 Å². The molecule has 2 bridgehead atoms. The highest BCUT2D eigenvalue weighted by Gasteiger charge is 2.75. The van der Waals surface area contributed by atoms with E-state index in [2.05, 4.69) is 0 Å². The molecule has 2 amide bonds. The van der Waals surface area contributed by atoms with Crippen LogP contribution in [0, 0.1) is 18.8 Å². The van der Waals surface area contributed by atoms with E-state index >= 15 is 0 Å². The summed E-state index contributed by atoms with van der Waals surface area (Å²) < 4.78 is 46.0. The molecule has 3 saturated heterocycles. The number of fused-ring (bicyclic) bond motifs is 5. The van der Waals surface area contributed by atoms with E-state index in [-0.39, 0.29) is 17.7 Å². The summed E-state index contributed by atoms with van der Waals surface area (Å²) in [4.78, 5) is 26.9. The number of anilines is 1. The van der Waals surface area contributed by atoms with Gasteiger partial charge in [0.25, 0.3) is 0 Å². The second-order valence-corrected chi connectivity index (χ2v) is 8.26. The Morgan fingerprint density at radius 2 is 1.81 bits per heavy atom. The standard InChI is InChI=1S/C18H17ClF3NO4/c1-7-9(5-4-8(19)11(7)18(20,21)22)23-14(25)12-13(15(23)26)17(3)10(24)6-16(12,2)27-17/h4-5,10,12-13,24H,6H2,1-3H3/t10?,12-,13+,16?,17+/m0/s1. The van der Waals surface area contributed by atoms with Crippen molar-refractivity contribution in [2.75, 3.05) is 4.90 Å². The third-order valence-corrected chi connectivity index (χ3v) is 6.52. The van der Waals surface area contributed by atoms with E-state index < -0.39 is 57.7 Å². The number of rotatable bonds is 1. The average Bonchev–Trinajstić information content (AvgIpc) is 3.01. The van der Waals surface area contributed by atoms with Crippen molar-refractivity contribution in [2.24, 2.45) is 11.8 Å². The Morgan fingerprint density at radius 1 is 1.22 bits per heavy atom. The number of benzene rings is 1. The van der Waals surface area contributed by atoms with E-state index in [4.69, 9.17) is 16.3 Å². The highest BCUT2D eigenvalue weighted by atomic mass is 35.5. The number of carbonyl (C=O) groups is 2. The fourth-order valence-electron chi connectivity index (χ4n) is 5.02. The first-order chi connectivity index (χ1) is 12.3. The highest BCUT2D eigenvalue weighted by molar-refractivity contribution is 6.32. The molecule has 1 aromatic rings. The second-order valence-electron chi connectivity index (χ2n) is 7.85. The van der Waals surface area contributed by atoms with Gasteiger partial charge in [-0.1, -0.05) is 11.6 Å². The molecule has 3 fully saturated rings. The molecule has 0 aromatic heterocycles. The number of imide groups is 1. The van der Waals surface area contributed by atoms with Crippen LogP contribution >= 0.6 is 11.6 Å². The Kier molecular flexibility index (Phi) is 3.63. The van der Waals surface area contributed by atoms with Crippen molar-refractivity contribution in [3.05, 3.63) is 28.3 Å². The first-order valence-electron chi connectivity index (χ1n) is 8.45. The number of aliphatic hydroxyl groups is 1. The normalized spacial score (nSPS) is 38.1. The maximum Gasteiger partial charge on any atom is 0.418 e. The van der Waals surface area contributed by atoms with E-state index in [0.29, 0.717) is 0 Å². The van der Waals surface area contributed by atoms with Crippen molar-refractivity contribution in [2.45, 2.75) is 50.7 Å². The van der Waals surface area contributed by atoms with Crippen LogP contribution in [0.1, 0.15) is 31.4 Å². The van der Waals surface area contributed by atoms with Crippen molar-refractivity contribution in [1.82, 2.24) is 0 Å². The fourth-order valence-corrected chi connectivity index (χ4v) is 5.33. The molecule has 2 unspecified atom stereocenters. The zero-order chi connectivity index (χ0) is 20.1. The van der Waals surface area contributed by atoms with E-state index in [1.165, 1.54) is 13.0 Å². The lowest BCUT2D eigenvalue weighted by Crippen LogP contribution is -2.49. The largest absolute Gasteiger partial charge is 0.418 e. The van der Waals surface area contributed by atoms with Crippen molar-refractivity contribution >= 4 is 29.1 Å². The lowest BCUT2D eigenvalue weighted by Gasteiger charge is -2.31. The lowest BCUT2D eigenvalue weighted by molar-refractivity contribution is -0.138. The van der Waals surface area contributed by atoms with Crippen LogP contribution in [0.25, 0.3) is 0 Å². The summed E-state index contributed by atoms with van der Waals surface area (Å²) in [5.41, 5.74) is -3.78. The molecule has 27 heavy (non-hydrogen) atoms. The molecule has 3 heterocycles. The van der Waals surface area contributed by atoms with Crippen LogP contribution in [0.5, 0.6) is 0 Å². The minimum Gasteiger partial charge on any atom is -0.390 e. The Morgan fingerprint density at radius 3 is 2.41 bits per heavy atom. The summed E-state index contributed by atoms with van der Waals surface area (Å²) >= 11 is 5.72. The van der Waals surface area contributed by atoms with Crippen LogP contribution in [-0.4, -0.2) is 34.2 Å². The van der Waals surface area contributed by atoms with Crippen molar-refractivity contribution in [3.63, 3.8) is 0 Å². The Balaban J connectivity index is 1.85. The van der Waals surface area contributed by atoms with E-state index in [1.54, 1.807) is 13.8 Å². The van der Waals surface area contributed by atoms with Crippen molar-refractivity contribution < 1.29 is 32.6 Å². The molecular weight excluding hydrogens is 387 g/mol. The van der Waals surface area contributed by atoms with Gasteiger partial charge in [0.05, 0.1) is 39.8 Å². The third kappa shape index (κ3) is 2.20. The molecule has 146 valence electrons. The van der Waals surface area contributed by atoms with Gasteiger partial charge in [-0.05, 0) is 38.5 Å². The molecule has 9 heteroatoms. The van der Waals surface area contributed by atoms with Crippen LogP contribution < -0.4 is 4.90 Å². The van der Waals surface area contributed by atoms with Gasteiger partial charge in [-0.15, -0.1) is 0 Å².